The molecular formula is C28H32F6N2O3. The van der Waals surface area contributed by atoms with Crippen LogP contribution in [0.1, 0.15) is 67.4 Å². The number of ether oxygens (including phenoxy) is 2. The smallest absolute Gasteiger partial charge is 0.416 e. The fourth-order valence-corrected chi connectivity index (χ4v) is 5.09. The second-order valence-corrected chi connectivity index (χ2v) is 10.2. The summed E-state index contributed by atoms with van der Waals surface area (Å²) in [5, 5.41) is 3.40. The van der Waals surface area contributed by atoms with Crippen LogP contribution in [-0.4, -0.2) is 43.3 Å². The number of carbonyl (C=O) groups excluding carboxylic acids is 1. The van der Waals surface area contributed by atoms with Gasteiger partial charge in [-0.3, -0.25) is 0 Å². The van der Waals surface area contributed by atoms with Crippen LogP contribution in [0, 0.1) is 0 Å². The predicted molar refractivity (Wildman–Crippen MR) is 132 cm³/mol. The molecule has 0 saturated carbocycles. The normalized spacial score (nSPS) is 23.4. The standard InChI is InChI=1S/C28H32F6N2O3/c1-19(20-14-22(27(29,30)31)16-23(15-20)28(32,33)34)38-18-26(21-8-4-2-5-9-21)11-10-24(17-35-26)39-25(37)36-12-6-3-7-13-36/h2,4-5,8-9,14-16,19,24,35H,3,6-7,10-13,17-18H2,1H3. The van der Waals surface area contributed by atoms with Gasteiger partial charge in [0.1, 0.15) is 6.10 Å². The third kappa shape index (κ3) is 7.25. The number of nitrogens with one attached hydrogen (secondary N) is 1. The molecule has 1 N–H and O–H groups in total. The third-order valence-electron chi connectivity index (χ3n) is 7.43. The SMILES string of the molecule is CC(OCC1(c2ccccc2)CCC(OC(=O)N2CCCCC2)CN1)c1cc(C(F)(F)F)cc(C(F)(F)F)c1. The number of likely N-dealkylation sites (tertiary alicyclic amines) is 1. The Labute approximate surface area is 223 Å². The van der Waals surface area contributed by atoms with E-state index in [0.717, 1.165) is 24.8 Å². The van der Waals surface area contributed by atoms with Gasteiger partial charge in [0, 0.05) is 19.6 Å². The number of nitrogens with zero attached hydrogens (tertiary/aromatic N) is 1. The fraction of sp³-hybridized carbons (Fsp3) is 0.536. The number of halogens is 6. The maximum absolute atomic E-state index is 13.3. The number of rotatable bonds is 6. The van der Waals surface area contributed by atoms with Crippen molar-refractivity contribution in [1.29, 1.82) is 0 Å². The zero-order valence-corrected chi connectivity index (χ0v) is 21.6. The topological polar surface area (TPSA) is 50.8 Å². The van der Waals surface area contributed by atoms with Crippen molar-refractivity contribution in [2.75, 3.05) is 26.2 Å². The molecule has 1 amide bonds. The molecule has 3 unspecified atom stereocenters. The number of alkyl halides is 6. The van der Waals surface area contributed by atoms with Crippen LogP contribution in [0.25, 0.3) is 0 Å². The van der Waals surface area contributed by atoms with Crippen molar-refractivity contribution < 1.29 is 40.6 Å². The van der Waals surface area contributed by atoms with Gasteiger partial charge in [0.2, 0.25) is 0 Å². The van der Waals surface area contributed by atoms with Gasteiger partial charge < -0.3 is 19.7 Å². The van der Waals surface area contributed by atoms with Crippen LogP contribution in [-0.2, 0) is 27.4 Å². The van der Waals surface area contributed by atoms with Gasteiger partial charge in [-0.1, -0.05) is 30.3 Å². The molecule has 2 saturated heterocycles. The minimum atomic E-state index is -4.94. The molecule has 214 valence electrons. The number of carbonyl (C=O) groups is 1. The van der Waals surface area contributed by atoms with Crippen molar-refractivity contribution in [3.8, 4) is 0 Å². The molecule has 2 aliphatic rings. The molecule has 2 aliphatic heterocycles. The zero-order chi connectivity index (χ0) is 28.3. The first kappa shape index (κ1) is 29.2. The highest BCUT2D eigenvalue weighted by Gasteiger charge is 2.40. The van der Waals surface area contributed by atoms with Crippen molar-refractivity contribution in [2.24, 2.45) is 0 Å². The number of hydrogen-bond donors (Lipinski definition) is 1. The first-order valence-corrected chi connectivity index (χ1v) is 13.0. The average molecular weight is 559 g/mol. The summed E-state index contributed by atoms with van der Waals surface area (Å²) < 4.78 is 91.8. The number of benzene rings is 2. The van der Waals surface area contributed by atoms with Crippen LogP contribution in [0.4, 0.5) is 31.1 Å². The van der Waals surface area contributed by atoms with E-state index in [2.05, 4.69) is 5.32 Å². The number of amides is 1. The number of piperidine rings is 2. The third-order valence-corrected chi connectivity index (χ3v) is 7.43. The van der Waals surface area contributed by atoms with Gasteiger partial charge in [-0.05, 0) is 68.4 Å². The molecule has 11 heteroatoms. The van der Waals surface area contributed by atoms with Crippen molar-refractivity contribution in [3.63, 3.8) is 0 Å². The second kappa shape index (κ2) is 11.8. The van der Waals surface area contributed by atoms with Crippen LogP contribution in [0.2, 0.25) is 0 Å². The Hall–Kier alpha value is -2.79. The van der Waals surface area contributed by atoms with E-state index in [9.17, 15) is 31.1 Å². The van der Waals surface area contributed by atoms with E-state index < -0.39 is 35.1 Å². The molecule has 2 aromatic carbocycles. The summed E-state index contributed by atoms with van der Waals surface area (Å²) >= 11 is 0. The highest BCUT2D eigenvalue weighted by molar-refractivity contribution is 5.68. The van der Waals surface area contributed by atoms with E-state index >= 15 is 0 Å². The Kier molecular flexibility index (Phi) is 8.80. The number of hydrogen-bond acceptors (Lipinski definition) is 4. The van der Waals surface area contributed by atoms with Crippen molar-refractivity contribution in [1.82, 2.24) is 10.2 Å². The largest absolute Gasteiger partial charge is 0.445 e. The molecule has 0 radical (unpaired) electrons. The monoisotopic (exact) mass is 558 g/mol. The molecule has 2 fully saturated rings. The van der Waals surface area contributed by atoms with E-state index in [4.69, 9.17) is 9.47 Å². The van der Waals surface area contributed by atoms with Gasteiger partial charge in [-0.2, -0.15) is 26.3 Å². The lowest BCUT2D eigenvalue weighted by atomic mass is 9.82. The van der Waals surface area contributed by atoms with E-state index in [1.807, 2.05) is 30.3 Å². The van der Waals surface area contributed by atoms with Gasteiger partial charge in [-0.25, -0.2) is 4.79 Å². The maximum Gasteiger partial charge on any atom is 0.416 e. The minimum absolute atomic E-state index is 0.0113. The molecule has 39 heavy (non-hydrogen) atoms. The maximum atomic E-state index is 13.3. The molecule has 0 aliphatic carbocycles. The molecule has 0 spiro atoms. The summed E-state index contributed by atoms with van der Waals surface area (Å²) in [4.78, 5) is 14.3. The first-order valence-electron chi connectivity index (χ1n) is 13.0. The first-order chi connectivity index (χ1) is 18.4. The molecular weight excluding hydrogens is 526 g/mol. The van der Waals surface area contributed by atoms with E-state index in [-0.39, 0.29) is 30.4 Å². The highest BCUT2D eigenvalue weighted by Crippen LogP contribution is 2.39. The fourth-order valence-electron chi connectivity index (χ4n) is 5.09. The minimum Gasteiger partial charge on any atom is -0.445 e. The second-order valence-electron chi connectivity index (χ2n) is 10.2. The zero-order valence-electron chi connectivity index (χ0n) is 21.6. The molecule has 0 bridgehead atoms. The van der Waals surface area contributed by atoms with Gasteiger partial charge in [0.05, 0.1) is 29.4 Å². The molecule has 2 heterocycles. The van der Waals surface area contributed by atoms with Crippen LogP contribution in [0.3, 0.4) is 0 Å². The lowest BCUT2D eigenvalue weighted by Crippen LogP contribution is -2.54. The molecule has 3 atom stereocenters. The van der Waals surface area contributed by atoms with Crippen LogP contribution in [0.15, 0.2) is 48.5 Å². The van der Waals surface area contributed by atoms with Crippen molar-refractivity contribution in [2.45, 2.75) is 69.1 Å². The highest BCUT2D eigenvalue weighted by atomic mass is 19.4. The Morgan fingerprint density at radius 1 is 1.00 bits per heavy atom. The predicted octanol–water partition coefficient (Wildman–Crippen LogP) is 7.07. The Morgan fingerprint density at radius 2 is 1.62 bits per heavy atom. The van der Waals surface area contributed by atoms with Gasteiger partial charge >= 0.3 is 18.4 Å². The molecule has 2 aromatic rings. The van der Waals surface area contributed by atoms with Crippen LogP contribution >= 0.6 is 0 Å². The Morgan fingerprint density at radius 3 is 2.15 bits per heavy atom. The molecule has 4 rings (SSSR count). The van der Waals surface area contributed by atoms with E-state index in [1.165, 1.54) is 6.92 Å². The van der Waals surface area contributed by atoms with E-state index in [0.29, 0.717) is 44.6 Å². The summed E-state index contributed by atoms with van der Waals surface area (Å²) in [7, 11) is 0. The van der Waals surface area contributed by atoms with E-state index in [1.54, 1.807) is 4.90 Å². The molecule has 5 nitrogen and oxygen atoms in total. The van der Waals surface area contributed by atoms with Gasteiger partial charge in [-0.15, -0.1) is 0 Å². The Balaban J connectivity index is 1.48. The van der Waals surface area contributed by atoms with Crippen molar-refractivity contribution in [3.05, 3.63) is 70.8 Å². The van der Waals surface area contributed by atoms with Crippen LogP contribution in [0.5, 0.6) is 0 Å². The average Bonchev–Trinajstić information content (AvgIpc) is 2.92. The van der Waals surface area contributed by atoms with Crippen LogP contribution < -0.4 is 5.32 Å². The van der Waals surface area contributed by atoms with Crippen molar-refractivity contribution >= 4 is 6.09 Å². The summed E-state index contributed by atoms with van der Waals surface area (Å²) in [6.07, 6.45) is -7.66. The quantitative estimate of drug-likeness (QED) is 0.386. The van der Waals surface area contributed by atoms with Gasteiger partial charge in [0.25, 0.3) is 0 Å². The Bertz CT molecular complexity index is 1080. The summed E-state index contributed by atoms with van der Waals surface area (Å²) in [6, 6.07) is 10.8. The summed E-state index contributed by atoms with van der Waals surface area (Å²) in [5.74, 6) is 0. The lowest BCUT2D eigenvalue weighted by Gasteiger charge is -2.42. The lowest BCUT2D eigenvalue weighted by molar-refractivity contribution is -0.143. The molecule has 0 aromatic heterocycles. The summed E-state index contributed by atoms with van der Waals surface area (Å²) in [5.41, 5.74) is -2.88. The van der Waals surface area contributed by atoms with Gasteiger partial charge in [0.15, 0.2) is 0 Å². The summed E-state index contributed by atoms with van der Waals surface area (Å²) in [6.45, 7) is 3.09.